The van der Waals surface area contributed by atoms with Gasteiger partial charge in [-0.25, -0.2) is 8.97 Å². The van der Waals surface area contributed by atoms with Gasteiger partial charge < -0.3 is 4.74 Å². The molecule has 3 N–H and O–H groups in total. The molecular formula is C21H28N6O+2. The number of rotatable bonds is 7. The number of nitrogens with one attached hydrogen (secondary N) is 3. The van der Waals surface area contributed by atoms with Crippen molar-refractivity contribution in [3.63, 3.8) is 0 Å². The number of nitrogens with zero attached hydrogens (tertiary/aromatic N) is 3. The molecule has 0 amide bonds. The fraction of sp³-hybridized carbons (Fsp3) is 0.286. The molecule has 0 saturated carbocycles. The van der Waals surface area contributed by atoms with Crippen LogP contribution in [0, 0.1) is 0 Å². The lowest BCUT2D eigenvalue weighted by Crippen LogP contribution is -2.78. The fourth-order valence-electron chi connectivity index (χ4n) is 2.84. The minimum absolute atomic E-state index is 0.511. The van der Waals surface area contributed by atoms with Gasteiger partial charge in [0.1, 0.15) is 11.9 Å². The third-order valence-electron chi connectivity index (χ3n) is 4.29. The van der Waals surface area contributed by atoms with Crippen molar-refractivity contribution in [1.29, 1.82) is 0 Å². The van der Waals surface area contributed by atoms with Gasteiger partial charge in [-0.3, -0.25) is 10.3 Å². The van der Waals surface area contributed by atoms with Crippen molar-refractivity contribution in [2.24, 2.45) is 12.1 Å². The van der Waals surface area contributed by atoms with E-state index < -0.39 is 0 Å². The highest BCUT2D eigenvalue weighted by Crippen LogP contribution is 2.14. The molecule has 3 aromatic rings. The van der Waals surface area contributed by atoms with Gasteiger partial charge in [-0.05, 0) is 49.7 Å². The molecule has 0 aliphatic rings. The minimum atomic E-state index is 0.511. The number of guanidine groups is 1. The van der Waals surface area contributed by atoms with Crippen LogP contribution in [0.15, 0.2) is 60.0 Å². The van der Waals surface area contributed by atoms with Gasteiger partial charge in [-0.15, -0.1) is 5.10 Å². The second-order valence-corrected chi connectivity index (χ2v) is 6.31. The number of benzene rings is 1. The van der Waals surface area contributed by atoms with Crippen molar-refractivity contribution < 1.29 is 14.1 Å². The molecule has 0 fully saturated rings. The quantitative estimate of drug-likeness (QED) is 0.240. The van der Waals surface area contributed by atoms with Gasteiger partial charge in [-0.2, -0.15) is 5.43 Å². The summed E-state index contributed by atoms with van der Waals surface area (Å²) in [5.41, 5.74) is 6.21. The lowest BCUT2D eigenvalue weighted by atomic mass is 10.2. The van der Waals surface area contributed by atoms with Crippen molar-refractivity contribution in [1.82, 2.24) is 15.3 Å². The second kappa shape index (κ2) is 9.55. The van der Waals surface area contributed by atoms with E-state index >= 15 is 0 Å². The summed E-state index contributed by atoms with van der Waals surface area (Å²) in [7, 11) is 2.05. The number of aromatic nitrogens is 2. The molecule has 28 heavy (non-hydrogen) atoms. The topological polar surface area (TPSA) is 68.7 Å². The number of aryl methyl sites for hydroxylation is 1. The Kier molecular flexibility index (Phi) is 6.62. The molecule has 7 nitrogen and oxygen atoms in total. The van der Waals surface area contributed by atoms with E-state index in [1.165, 1.54) is 0 Å². The van der Waals surface area contributed by atoms with Gasteiger partial charge in [0.15, 0.2) is 12.3 Å². The highest BCUT2D eigenvalue weighted by atomic mass is 16.5. The summed E-state index contributed by atoms with van der Waals surface area (Å²) in [4.78, 5) is 3.18. The normalized spacial score (nSPS) is 11.9. The van der Waals surface area contributed by atoms with Crippen molar-refractivity contribution in [3.05, 3.63) is 66.1 Å². The third kappa shape index (κ3) is 4.88. The number of imidazole rings is 1. The van der Waals surface area contributed by atoms with Gasteiger partial charge in [0, 0.05) is 6.07 Å². The summed E-state index contributed by atoms with van der Waals surface area (Å²) in [6.45, 7) is 6.24. The molecule has 146 valence electrons. The average Bonchev–Trinajstić information content (AvgIpc) is 3.04. The smallest absolute Gasteiger partial charge is 0.367 e. The van der Waals surface area contributed by atoms with Gasteiger partial charge in [0.05, 0.1) is 32.5 Å². The van der Waals surface area contributed by atoms with Crippen LogP contribution in [0.1, 0.15) is 25.1 Å². The molecule has 0 radical (unpaired) electrons. The van der Waals surface area contributed by atoms with Crippen molar-refractivity contribution in [2.75, 3.05) is 13.1 Å². The SMILES string of the molecule is CCNC(N/N=C\c1ccc(OCc2c[n+]3ccccc3n2C)cc1)=[NH+]CC. The summed E-state index contributed by atoms with van der Waals surface area (Å²) >= 11 is 0. The zero-order chi connectivity index (χ0) is 19.8. The molecular weight excluding hydrogens is 352 g/mol. The maximum absolute atomic E-state index is 5.95. The number of hydrogen-bond acceptors (Lipinski definition) is 2. The summed E-state index contributed by atoms with van der Waals surface area (Å²) in [6, 6.07) is 14.0. The monoisotopic (exact) mass is 380 g/mol. The first kappa shape index (κ1) is 19.4. The minimum Gasteiger partial charge on any atom is -0.485 e. The van der Waals surface area contributed by atoms with Crippen LogP contribution < -0.4 is 24.9 Å². The highest BCUT2D eigenvalue weighted by molar-refractivity contribution is 5.81. The van der Waals surface area contributed by atoms with Crippen LogP contribution in [0.25, 0.3) is 5.65 Å². The first-order valence-electron chi connectivity index (χ1n) is 9.52. The van der Waals surface area contributed by atoms with E-state index in [9.17, 15) is 0 Å². The number of hydrogen-bond donors (Lipinski definition) is 3. The molecule has 0 spiro atoms. The lowest BCUT2D eigenvalue weighted by Gasteiger charge is -2.04. The molecule has 0 saturated heterocycles. The Bertz CT molecular complexity index is 959. The fourth-order valence-corrected chi connectivity index (χ4v) is 2.84. The molecule has 0 aliphatic carbocycles. The highest BCUT2D eigenvalue weighted by Gasteiger charge is 2.13. The Morgan fingerprint density at radius 3 is 2.75 bits per heavy atom. The lowest BCUT2D eigenvalue weighted by molar-refractivity contribution is -0.511. The Morgan fingerprint density at radius 2 is 2.04 bits per heavy atom. The van der Waals surface area contributed by atoms with E-state index in [2.05, 4.69) is 42.1 Å². The first-order valence-corrected chi connectivity index (χ1v) is 9.52. The molecule has 2 aromatic heterocycles. The molecule has 0 unspecified atom stereocenters. The maximum atomic E-state index is 5.95. The predicted molar refractivity (Wildman–Crippen MR) is 110 cm³/mol. The Balaban J connectivity index is 1.57. The molecule has 2 heterocycles. The Labute approximate surface area is 165 Å². The molecule has 0 atom stereocenters. The number of fused-ring (bicyclic) bond motifs is 1. The standard InChI is InChI=1S/C21H27N6O/c1-4-22-21(23-5-2)25-24-14-17-9-11-19(12-10-17)28-16-18-15-27-13-7-6-8-20(27)26(18)3/h6-15H,4-5,16H2,1-3H3,(H2,22,23,25)/q+1/p+1/b24-14-. The van der Waals surface area contributed by atoms with Crippen LogP contribution >= 0.6 is 0 Å². The largest absolute Gasteiger partial charge is 0.485 e. The van der Waals surface area contributed by atoms with Gasteiger partial charge in [0.25, 0.3) is 5.65 Å². The van der Waals surface area contributed by atoms with Crippen LogP contribution in [-0.4, -0.2) is 29.8 Å². The Hall–Kier alpha value is -3.35. The van der Waals surface area contributed by atoms with Crippen LogP contribution in [-0.2, 0) is 13.7 Å². The second-order valence-electron chi connectivity index (χ2n) is 6.31. The summed E-state index contributed by atoms with van der Waals surface area (Å²) in [5.74, 6) is 1.63. The number of hydrazone groups is 1. The summed E-state index contributed by atoms with van der Waals surface area (Å²) < 4.78 is 10.2. The number of pyridine rings is 1. The van der Waals surface area contributed by atoms with Crippen molar-refractivity contribution in [3.8, 4) is 5.75 Å². The van der Waals surface area contributed by atoms with Crippen LogP contribution in [0.4, 0.5) is 0 Å². The van der Waals surface area contributed by atoms with E-state index in [0.29, 0.717) is 6.61 Å². The summed E-state index contributed by atoms with van der Waals surface area (Å²) in [6.07, 6.45) is 5.90. The zero-order valence-electron chi connectivity index (χ0n) is 16.6. The van der Waals surface area contributed by atoms with Crippen molar-refractivity contribution in [2.45, 2.75) is 20.5 Å². The molecule has 0 aliphatic heterocycles. The predicted octanol–water partition coefficient (Wildman–Crippen LogP) is 0.332. The van der Waals surface area contributed by atoms with Gasteiger partial charge in [0.2, 0.25) is 0 Å². The van der Waals surface area contributed by atoms with Crippen LogP contribution in [0.5, 0.6) is 5.75 Å². The van der Waals surface area contributed by atoms with Gasteiger partial charge >= 0.3 is 5.96 Å². The van der Waals surface area contributed by atoms with E-state index in [1.54, 1.807) is 6.21 Å². The zero-order valence-corrected chi connectivity index (χ0v) is 16.6. The molecule has 1 aromatic carbocycles. The summed E-state index contributed by atoms with van der Waals surface area (Å²) in [5, 5.41) is 7.44. The van der Waals surface area contributed by atoms with E-state index in [1.807, 2.05) is 63.5 Å². The molecule has 0 bridgehead atoms. The third-order valence-corrected chi connectivity index (χ3v) is 4.29. The Morgan fingerprint density at radius 1 is 1.21 bits per heavy atom. The molecule has 3 rings (SSSR count). The first-order chi connectivity index (χ1) is 13.7. The van der Waals surface area contributed by atoms with Gasteiger partial charge in [-0.1, -0.05) is 6.07 Å². The van der Waals surface area contributed by atoms with Crippen LogP contribution in [0.2, 0.25) is 0 Å². The van der Waals surface area contributed by atoms with Crippen LogP contribution in [0.3, 0.4) is 0 Å². The molecule has 7 heteroatoms. The van der Waals surface area contributed by atoms with E-state index in [4.69, 9.17) is 4.74 Å². The van der Waals surface area contributed by atoms with E-state index in [-0.39, 0.29) is 0 Å². The maximum Gasteiger partial charge on any atom is 0.367 e. The number of ether oxygens (including phenoxy) is 1. The van der Waals surface area contributed by atoms with Crippen molar-refractivity contribution >= 4 is 17.8 Å². The van der Waals surface area contributed by atoms with E-state index in [0.717, 1.165) is 41.7 Å². The average molecular weight is 380 g/mol.